The van der Waals surface area contributed by atoms with Crippen LogP contribution in [0.15, 0.2) is 97.1 Å². The predicted octanol–water partition coefficient (Wildman–Crippen LogP) is 4.24. The molecule has 1 aliphatic rings. The van der Waals surface area contributed by atoms with Crippen molar-refractivity contribution in [3.8, 4) is 22.5 Å². The molecule has 3 heteroatoms. The lowest BCUT2D eigenvalue weighted by Gasteiger charge is -2.18. The average molecular weight is 480 g/mol. The van der Waals surface area contributed by atoms with Crippen molar-refractivity contribution in [3.05, 3.63) is 125 Å². The largest absolute Gasteiger partial charge is 0.406 e. The van der Waals surface area contributed by atoms with E-state index in [1.54, 1.807) is 0 Å². The number of aryl methyl sites for hydroxylation is 4. The molecule has 0 saturated heterocycles. The highest BCUT2D eigenvalue weighted by Crippen LogP contribution is 2.24. The van der Waals surface area contributed by atoms with Gasteiger partial charge in [-0.3, -0.25) is 0 Å². The molecule has 2 nitrogen and oxygen atoms in total. The highest BCUT2D eigenvalue weighted by Gasteiger charge is 2.42. The summed E-state index contributed by atoms with van der Waals surface area (Å²) in [6.07, 6.45) is 0. The summed E-state index contributed by atoms with van der Waals surface area (Å²) in [5.41, 5.74) is 15.8. The number of pyridine rings is 2. The molecule has 3 aromatic carbocycles. The van der Waals surface area contributed by atoms with E-state index in [4.69, 9.17) is 0 Å². The Morgan fingerprint density at radius 2 is 1.22 bits per heavy atom. The van der Waals surface area contributed by atoms with Gasteiger partial charge in [0.2, 0.25) is 11.4 Å². The minimum Gasteiger partial charge on any atom is -0.207 e. The van der Waals surface area contributed by atoms with Crippen molar-refractivity contribution in [2.75, 3.05) is 0 Å². The van der Waals surface area contributed by atoms with Crippen LogP contribution in [0.2, 0.25) is 0 Å². The van der Waals surface area contributed by atoms with E-state index in [2.05, 4.69) is 141 Å². The van der Waals surface area contributed by atoms with Crippen molar-refractivity contribution >= 4 is 23.4 Å². The molecule has 0 spiro atoms. The van der Waals surface area contributed by atoms with Crippen LogP contribution in [0.5, 0.6) is 0 Å². The Kier molecular flexibility index (Phi) is 5.80. The Balaban J connectivity index is 1.77. The molecule has 0 saturated carbocycles. The predicted molar refractivity (Wildman–Crippen MR) is 154 cm³/mol. The van der Waals surface area contributed by atoms with E-state index in [0.717, 1.165) is 6.54 Å². The zero-order chi connectivity index (χ0) is 25.7. The van der Waals surface area contributed by atoms with E-state index in [1.807, 2.05) is 0 Å². The van der Waals surface area contributed by atoms with E-state index in [9.17, 15) is 0 Å². The zero-order valence-electron chi connectivity index (χ0n) is 22.4. The lowest BCUT2D eigenvalue weighted by atomic mass is 9.38. The molecule has 0 fully saturated rings. The number of fused-ring (bicyclic) bond motifs is 5. The number of aromatic nitrogens is 2. The molecule has 0 amide bonds. The van der Waals surface area contributed by atoms with Gasteiger partial charge in [-0.15, -0.1) is 0 Å². The van der Waals surface area contributed by atoms with Gasteiger partial charge >= 0.3 is 6.71 Å². The Hall–Kier alpha value is -3.98. The highest BCUT2D eigenvalue weighted by molar-refractivity contribution is 6.94. The second kappa shape index (κ2) is 9.16. The Morgan fingerprint density at radius 3 is 1.95 bits per heavy atom. The second-order valence-electron chi connectivity index (χ2n) is 10.5. The smallest absolute Gasteiger partial charge is 0.207 e. The molecule has 3 heterocycles. The molecule has 0 radical (unpaired) electrons. The van der Waals surface area contributed by atoms with Gasteiger partial charge in [0, 0.05) is 23.3 Å². The average Bonchev–Trinajstić information content (AvgIpc) is 2.89. The fraction of sp³-hybridized carbons (Fsp3) is 0.176. The highest BCUT2D eigenvalue weighted by atomic mass is 15.0. The van der Waals surface area contributed by atoms with E-state index in [1.165, 1.54) is 67.0 Å². The van der Waals surface area contributed by atoms with Crippen LogP contribution in [-0.2, 0) is 13.6 Å². The monoisotopic (exact) mass is 480 g/mol. The first-order chi connectivity index (χ1) is 17.9. The SMILES string of the molecule is Cc1cc(C)c(B2c3cccc([n+]3C)-c3ccccc3C[n+]3c2cccc3-c2ccccc2C)c(C)c1. The van der Waals surface area contributed by atoms with Crippen LogP contribution in [0, 0.1) is 27.7 Å². The summed E-state index contributed by atoms with van der Waals surface area (Å²) in [4.78, 5) is 0. The third kappa shape index (κ3) is 3.90. The Bertz CT molecular complexity index is 1640. The number of benzene rings is 3. The first-order valence-electron chi connectivity index (χ1n) is 13.2. The standard InChI is InChI=1S/C34H33BN2/c1-23-20-25(3)34(26(4)21-23)35-32-18-10-16-30(36(32)5)29-15-9-7-13-27(29)22-37-31(17-11-19-33(35)37)28-14-8-6-12-24(28)2/h6-21H,22H2,1-5H3/q+2. The second-order valence-corrected chi connectivity index (χ2v) is 10.5. The summed E-state index contributed by atoms with van der Waals surface area (Å²) in [6, 6.07) is 36.0. The molecular formula is C34H33BN2+2. The summed E-state index contributed by atoms with van der Waals surface area (Å²) in [6.45, 7) is 9.88. The van der Waals surface area contributed by atoms with Gasteiger partial charge in [-0.1, -0.05) is 77.4 Å². The maximum atomic E-state index is 2.57. The normalized spacial score (nSPS) is 12.3. The van der Waals surface area contributed by atoms with Crippen molar-refractivity contribution in [1.82, 2.24) is 0 Å². The fourth-order valence-corrected chi connectivity index (χ4v) is 6.41. The fourth-order valence-electron chi connectivity index (χ4n) is 6.41. The van der Waals surface area contributed by atoms with Crippen molar-refractivity contribution in [3.63, 3.8) is 0 Å². The van der Waals surface area contributed by atoms with Gasteiger partial charge in [0.15, 0.2) is 17.7 Å². The van der Waals surface area contributed by atoms with Crippen molar-refractivity contribution in [1.29, 1.82) is 0 Å². The molecular weight excluding hydrogens is 447 g/mol. The summed E-state index contributed by atoms with van der Waals surface area (Å²) >= 11 is 0. The number of hydrogen-bond donors (Lipinski definition) is 0. The van der Waals surface area contributed by atoms with Crippen LogP contribution >= 0.6 is 0 Å². The summed E-state index contributed by atoms with van der Waals surface area (Å²) in [5, 5.41) is 0. The quantitative estimate of drug-likeness (QED) is 0.259. The topological polar surface area (TPSA) is 7.76 Å². The molecule has 0 N–H and O–H groups in total. The van der Waals surface area contributed by atoms with Crippen LogP contribution in [0.4, 0.5) is 0 Å². The molecule has 37 heavy (non-hydrogen) atoms. The molecule has 5 aromatic rings. The van der Waals surface area contributed by atoms with Crippen molar-refractivity contribution in [2.45, 2.75) is 34.2 Å². The summed E-state index contributed by atoms with van der Waals surface area (Å²) in [5.74, 6) is 0. The van der Waals surface area contributed by atoms with Gasteiger partial charge in [0.1, 0.15) is 7.05 Å². The van der Waals surface area contributed by atoms with E-state index in [0.29, 0.717) is 0 Å². The van der Waals surface area contributed by atoms with Crippen molar-refractivity contribution < 1.29 is 9.13 Å². The van der Waals surface area contributed by atoms with E-state index in [-0.39, 0.29) is 6.71 Å². The third-order valence-corrected chi connectivity index (χ3v) is 8.05. The first-order valence-corrected chi connectivity index (χ1v) is 13.2. The van der Waals surface area contributed by atoms with Crippen LogP contribution in [0.1, 0.15) is 27.8 Å². The number of nitrogens with zero attached hydrogens (tertiary/aromatic N) is 2. The minimum absolute atomic E-state index is 0.101. The number of hydrogen-bond acceptors (Lipinski definition) is 0. The van der Waals surface area contributed by atoms with Crippen LogP contribution < -0.4 is 25.8 Å². The molecule has 2 bridgehead atoms. The van der Waals surface area contributed by atoms with E-state index >= 15 is 0 Å². The van der Waals surface area contributed by atoms with Gasteiger partial charge in [0.25, 0.3) is 0 Å². The van der Waals surface area contributed by atoms with Crippen LogP contribution in [0.25, 0.3) is 22.5 Å². The molecule has 2 aromatic heterocycles. The van der Waals surface area contributed by atoms with Gasteiger partial charge in [-0.2, -0.15) is 4.57 Å². The Labute approximate surface area is 221 Å². The Morgan fingerprint density at radius 1 is 0.595 bits per heavy atom. The van der Waals surface area contributed by atoms with Gasteiger partial charge < -0.3 is 0 Å². The van der Waals surface area contributed by atoms with Crippen LogP contribution in [0.3, 0.4) is 0 Å². The lowest BCUT2D eigenvalue weighted by Crippen LogP contribution is -2.72. The molecule has 0 aliphatic carbocycles. The third-order valence-electron chi connectivity index (χ3n) is 8.05. The molecule has 0 atom stereocenters. The lowest BCUT2D eigenvalue weighted by molar-refractivity contribution is -0.660. The van der Waals surface area contributed by atoms with Crippen LogP contribution in [-0.4, -0.2) is 6.71 Å². The van der Waals surface area contributed by atoms with Crippen molar-refractivity contribution in [2.24, 2.45) is 7.05 Å². The molecule has 180 valence electrons. The maximum absolute atomic E-state index is 2.57. The zero-order valence-corrected chi connectivity index (χ0v) is 22.4. The molecule has 6 rings (SSSR count). The molecule has 0 unspecified atom stereocenters. The summed E-state index contributed by atoms with van der Waals surface area (Å²) < 4.78 is 4.98. The van der Waals surface area contributed by atoms with Gasteiger partial charge in [-0.05, 0) is 63.0 Å². The first kappa shape index (κ1) is 23.4. The number of rotatable bonds is 2. The van der Waals surface area contributed by atoms with Gasteiger partial charge in [0.05, 0.1) is 5.56 Å². The molecule has 1 aliphatic heterocycles. The van der Waals surface area contributed by atoms with Gasteiger partial charge in [-0.25, -0.2) is 4.57 Å². The maximum Gasteiger partial charge on any atom is 0.406 e. The minimum atomic E-state index is 0.101. The summed E-state index contributed by atoms with van der Waals surface area (Å²) in [7, 11) is 2.23. The van der Waals surface area contributed by atoms with E-state index < -0.39 is 0 Å².